The first-order valence-electron chi connectivity index (χ1n) is 6.65. The molecular weight excluding hydrogens is 272 g/mol. The van der Waals surface area contributed by atoms with Gasteiger partial charge in [0, 0.05) is 19.5 Å². The van der Waals surface area contributed by atoms with E-state index < -0.39 is 5.97 Å². The fourth-order valence-corrected chi connectivity index (χ4v) is 1.75. The van der Waals surface area contributed by atoms with Crippen LogP contribution in [-0.2, 0) is 16.0 Å². The molecule has 2 heterocycles. The van der Waals surface area contributed by atoms with Gasteiger partial charge in [-0.25, -0.2) is 9.78 Å². The van der Waals surface area contributed by atoms with Crippen molar-refractivity contribution in [3.8, 4) is 0 Å². The summed E-state index contributed by atoms with van der Waals surface area (Å²) in [5.41, 5.74) is 1.14. The highest BCUT2D eigenvalue weighted by Gasteiger charge is 2.13. The molecule has 7 heteroatoms. The number of carbonyl (C=O) groups is 1. The summed E-state index contributed by atoms with van der Waals surface area (Å²) >= 11 is 0. The molecule has 112 valence electrons. The van der Waals surface area contributed by atoms with Crippen molar-refractivity contribution in [2.45, 2.75) is 13.5 Å². The summed E-state index contributed by atoms with van der Waals surface area (Å²) in [6, 6.07) is 3.36. The van der Waals surface area contributed by atoms with Gasteiger partial charge in [-0.1, -0.05) is 0 Å². The van der Waals surface area contributed by atoms with E-state index in [0.717, 1.165) is 5.69 Å². The SMILES string of the molecule is CCOC(=O)c1cccnc1Nc1cnn(CCOC)c1. The molecule has 0 aliphatic heterocycles. The average Bonchev–Trinajstić information content (AvgIpc) is 2.93. The maximum atomic E-state index is 11.9. The highest BCUT2D eigenvalue weighted by Crippen LogP contribution is 2.18. The number of hydrogen-bond acceptors (Lipinski definition) is 6. The standard InChI is InChI=1S/C14H18N4O3/c1-3-21-14(19)12-5-4-6-15-13(12)17-11-9-16-18(10-11)7-8-20-2/h4-6,9-10H,3,7-8H2,1-2H3,(H,15,17). The van der Waals surface area contributed by atoms with Crippen molar-refractivity contribution in [3.63, 3.8) is 0 Å². The lowest BCUT2D eigenvalue weighted by molar-refractivity contribution is 0.0527. The molecule has 0 unspecified atom stereocenters. The number of anilines is 2. The van der Waals surface area contributed by atoms with E-state index in [1.807, 2.05) is 6.20 Å². The number of nitrogens with one attached hydrogen (secondary N) is 1. The number of hydrogen-bond donors (Lipinski definition) is 1. The lowest BCUT2D eigenvalue weighted by atomic mass is 10.2. The predicted molar refractivity (Wildman–Crippen MR) is 77.6 cm³/mol. The van der Waals surface area contributed by atoms with E-state index in [0.29, 0.717) is 31.1 Å². The first kappa shape index (κ1) is 15.0. The van der Waals surface area contributed by atoms with Crippen LogP contribution in [0.5, 0.6) is 0 Å². The van der Waals surface area contributed by atoms with Gasteiger partial charge in [0.15, 0.2) is 0 Å². The Labute approximate surface area is 122 Å². The Kier molecular flexibility index (Phi) is 5.28. The van der Waals surface area contributed by atoms with Gasteiger partial charge in [-0.2, -0.15) is 5.10 Å². The summed E-state index contributed by atoms with van der Waals surface area (Å²) in [4.78, 5) is 16.0. The minimum absolute atomic E-state index is 0.322. The quantitative estimate of drug-likeness (QED) is 0.784. The Bertz CT molecular complexity index is 597. The van der Waals surface area contributed by atoms with Gasteiger partial charge in [0.05, 0.1) is 31.6 Å². The second-order valence-corrected chi connectivity index (χ2v) is 4.23. The molecule has 0 spiro atoms. The minimum atomic E-state index is -0.403. The Hall–Kier alpha value is -2.41. The third-order valence-corrected chi connectivity index (χ3v) is 2.72. The lowest BCUT2D eigenvalue weighted by Gasteiger charge is -2.08. The average molecular weight is 290 g/mol. The third-order valence-electron chi connectivity index (χ3n) is 2.72. The summed E-state index contributed by atoms with van der Waals surface area (Å²) in [6.07, 6.45) is 5.10. The Morgan fingerprint density at radius 2 is 2.33 bits per heavy atom. The molecule has 2 aromatic rings. The summed E-state index contributed by atoms with van der Waals surface area (Å²) < 4.78 is 11.8. The minimum Gasteiger partial charge on any atom is -0.462 e. The molecular formula is C14H18N4O3. The van der Waals surface area contributed by atoms with Crippen LogP contribution in [0.4, 0.5) is 11.5 Å². The highest BCUT2D eigenvalue weighted by molar-refractivity contribution is 5.95. The molecule has 1 N–H and O–H groups in total. The van der Waals surface area contributed by atoms with E-state index >= 15 is 0 Å². The summed E-state index contributed by atoms with van der Waals surface area (Å²) in [5, 5.41) is 7.26. The Morgan fingerprint density at radius 3 is 3.10 bits per heavy atom. The van der Waals surface area contributed by atoms with Crippen molar-refractivity contribution in [2.75, 3.05) is 25.6 Å². The molecule has 2 rings (SSSR count). The smallest absolute Gasteiger partial charge is 0.341 e. The van der Waals surface area contributed by atoms with Crippen molar-refractivity contribution in [1.29, 1.82) is 0 Å². The van der Waals surface area contributed by atoms with Gasteiger partial charge in [-0.05, 0) is 19.1 Å². The molecule has 0 saturated carbocycles. The van der Waals surface area contributed by atoms with E-state index in [1.165, 1.54) is 0 Å². The highest BCUT2D eigenvalue weighted by atomic mass is 16.5. The van der Waals surface area contributed by atoms with Gasteiger partial charge in [-0.3, -0.25) is 4.68 Å². The summed E-state index contributed by atoms with van der Waals surface area (Å²) in [5.74, 6) is 0.0436. The van der Waals surface area contributed by atoms with Gasteiger partial charge in [0.2, 0.25) is 0 Å². The monoisotopic (exact) mass is 290 g/mol. The number of aromatic nitrogens is 3. The molecule has 0 aliphatic carbocycles. The maximum Gasteiger partial charge on any atom is 0.341 e. The van der Waals surface area contributed by atoms with Crippen molar-refractivity contribution in [3.05, 3.63) is 36.3 Å². The van der Waals surface area contributed by atoms with Crippen molar-refractivity contribution < 1.29 is 14.3 Å². The molecule has 0 aliphatic rings. The van der Waals surface area contributed by atoms with Crippen LogP contribution in [0, 0.1) is 0 Å². The predicted octanol–water partition coefficient (Wildman–Crippen LogP) is 1.84. The van der Waals surface area contributed by atoms with Gasteiger partial charge >= 0.3 is 5.97 Å². The number of esters is 1. The fraction of sp³-hybridized carbons (Fsp3) is 0.357. The number of methoxy groups -OCH3 is 1. The van der Waals surface area contributed by atoms with Crippen LogP contribution in [0.15, 0.2) is 30.7 Å². The van der Waals surface area contributed by atoms with E-state index in [9.17, 15) is 4.79 Å². The topological polar surface area (TPSA) is 78.3 Å². The van der Waals surface area contributed by atoms with E-state index in [1.54, 1.807) is 43.2 Å². The van der Waals surface area contributed by atoms with Crippen molar-refractivity contribution in [2.24, 2.45) is 0 Å². The van der Waals surface area contributed by atoms with Gasteiger partial charge < -0.3 is 14.8 Å². The van der Waals surface area contributed by atoms with Crippen LogP contribution in [0.25, 0.3) is 0 Å². The zero-order valence-corrected chi connectivity index (χ0v) is 12.1. The van der Waals surface area contributed by atoms with Gasteiger partial charge in [-0.15, -0.1) is 0 Å². The summed E-state index contributed by atoms with van der Waals surface area (Å²) in [6.45, 7) is 3.33. The summed E-state index contributed by atoms with van der Waals surface area (Å²) in [7, 11) is 1.64. The fourth-order valence-electron chi connectivity index (χ4n) is 1.75. The first-order valence-corrected chi connectivity index (χ1v) is 6.65. The third kappa shape index (κ3) is 4.03. The van der Waals surface area contributed by atoms with Crippen LogP contribution in [0.1, 0.15) is 17.3 Å². The zero-order chi connectivity index (χ0) is 15.1. The molecule has 0 amide bonds. The van der Waals surface area contributed by atoms with Crippen LogP contribution >= 0.6 is 0 Å². The molecule has 2 aromatic heterocycles. The van der Waals surface area contributed by atoms with Crippen LogP contribution in [-0.4, -0.2) is 41.1 Å². The molecule has 0 radical (unpaired) electrons. The number of pyridine rings is 1. The number of rotatable bonds is 7. The Morgan fingerprint density at radius 1 is 1.48 bits per heavy atom. The van der Waals surface area contributed by atoms with Crippen LogP contribution in [0.2, 0.25) is 0 Å². The molecule has 21 heavy (non-hydrogen) atoms. The molecule has 7 nitrogen and oxygen atoms in total. The molecule has 0 bridgehead atoms. The van der Waals surface area contributed by atoms with Gasteiger partial charge in [0.1, 0.15) is 11.4 Å². The second-order valence-electron chi connectivity index (χ2n) is 4.23. The normalized spacial score (nSPS) is 10.4. The van der Waals surface area contributed by atoms with E-state index in [2.05, 4.69) is 15.4 Å². The molecule has 0 atom stereocenters. The Balaban J connectivity index is 2.12. The molecule has 0 aromatic carbocycles. The van der Waals surface area contributed by atoms with E-state index in [-0.39, 0.29) is 0 Å². The number of nitrogens with zero attached hydrogens (tertiary/aromatic N) is 3. The van der Waals surface area contributed by atoms with Crippen LogP contribution in [0.3, 0.4) is 0 Å². The first-order chi connectivity index (χ1) is 10.2. The van der Waals surface area contributed by atoms with Crippen molar-refractivity contribution >= 4 is 17.5 Å². The molecule has 0 saturated heterocycles. The maximum absolute atomic E-state index is 11.9. The second kappa shape index (κ2) is 7.39. The van der Waals surface area contributed by atoms with Crippen molar-refractivity contribution in [1.82, 2.24) is 14.8 Å². The zero-order valence-electron chi connectivity index (χ0n) is 12.1. The molecule has 0 fully saturated rings. The lowest BCUT2D eigenvalue weighted by Crippen LogP contribution is -2.09. The van der Waals surface area contributed by atoms with Gasteiger partial charge in [0.25, 0.3) is 0 Å². The number of ether oxygens (including phenoxy) is 2. The van der Waals surface area contributed by atoms with E-state index in [4.69, 9.17) is 9.47 Å². The van der Waals surface area contributed by atoms with Crippen LogP contribution < -0.4 is 5.32 Å². The number of carbonyl (C=O) groups excluding carboxylic acids is 1. The largest absolute Gasteiger partial charge is 0.462 e.